The van der Waals surface area contributed by atoms with E-state index >= 15 is 0 Å². The Morgan fingerprint density at radius 1 is 1.22 bits per heavy atom. The molecule has 2 heterocycles. The van der Waals surface area contributed by atoms with E-state index in [9.17, 15) is 13.2 Å². The third kappa shape index (κ3) is 5.00. The second kappa shape index (κ2) is 8.73. The minimum atomic E-state index is -3.47. The van der Waals surface area contributed by atoms with Crippen molar-refractivity contribution in [3.8, 4) is 5.75 Å². The lowest BCUT2D eigenvalue weighted by molar-refractivity contribution is 0.179. The highest BCUT2D eigenvalue weighted by molar-refractivity contribution is 7.91. The molecule has 0 bridgehead atoms. The molecule has 3 rings (SSSR count). The minimum Gasteiger partial charge on any atom is -0.496 e. The van der Waals surface area contributed by atoms with Gasteiger partial charge in [0.15, 0.2) is 0 Å². The van der Waals surface area contributed by atoms with Gasteiger partial charge in [-0.05, 0) is 30.4 Å². The molecule has 7 nitrogen and oxygen atoms in total. The predicted molar refractivity (Wildman–Crippen MR) is 104 cm³/mol. The van der Waals surface area contributed by atoms with Gasteiger partial charge in [-0.2, -0.15) is 0 Å². The number of methoxy groups -OCH3 is 1. The number of rotatable bonds is 6. The molecule has 146 valence electrons. The molecule has 0 radical (unpaired) electrons. The van der Waals surface area contributed by atoms with Gasteiger partial charge in [-0.1, -0.05) is 24.3 Å². The van der Waals surface area contributed by atoms with Gasteiger partial charge < -0.3 is 15.0 Å². The Labute approximate surface area is 163 Å². The Morgan fingerprint density at radius 3 is 2.63 bits per heavy atom. The zero-order valence-corrected chi connectivity index (χ0v) is 16.7. The highest BCUT2D eigenvalue weighted by atomic mass is 32.2. The molecule has 2 amide bonds. The van der Waals surface area contributed by atoms with Crippen molar-refractivity contribution < 1.29 is 17.9 Å². The van der Waals surface area contributed by atoms with Crippen LogP contribution in [0.4, 0.5) is 4.79 Å². The van der Waals surface area contributed by atoms with Crippen LogP contribution in [0.2, 0.25) is 0 Å². The lowest BCUT2D eigenvalue weighted by Gasteiger charge is -2.32. The van der Waals surface area contributed by atoms with Gasteiger partial charge in [-0.25, -0.2) is 17.9 Å². The van der Waals surface area contributed by atoms with E-state index in [0.29, 0.717) is 36.7 Å². The maximum absolute atomic E-state index is 12.4. The molecule has 0 saturated carbocycles. The maximum atomic E-state index is 12.4. The summed E-state index contributed by atoms with van der Waals surface area (Å²) >= 11 is 1.20. The monoisotopic (exact) mass is 409 g/mol. The largest absolute Gasteiger partial charge is 0.496 e. The molecule has 1 fully saturated rings. The molecule has 1 aliphatic heterocycles. The third-order valence-corrected chi connectivity index (χ3v) is 7.40. The summed E-state index contributed by atoms with van der Waals surface area (Å²) in [7, 11) is -1.87. The second-order valence-corrected chi connectivity index (χ2v) is 9.17. The average Bonchev–Trinajstić information content (AvgIpc) is 3.22. The van der Waals surface area contributed by atoms with Gasteiger partial charge in [0.2, 0.25) is 10.0 Å². The van der Waals surface area contributed by atoms with E-state index < -0.39 is 10.0 Å². The molecule has 27 heavy (non-hydrogen) atoms. The standard InChI is InChI=1S/C18H23N3O4S2/c1-25-16-6-3-2-5-14(16)13-19-18(22)21-10-8-15(9-11-21)20-27(23,24)17-7-4-12-26-17/h2-7,12,15,20H,8-11,13H2,1H3,(H,19,22). The van der Waals surface area contributed by atoms with Gasteiger partial charge >= 0.3 is 6.03 Å². The number of likely N-dealkylation sites (tertiary alicyclic amines) is 1. The fourth-order valence-electron chi connectivity index (χ4n) is 3.03. The van der Waals surface area contributed by atoms with Crippen LogP contribution >= 0.6 is 11.3 Å². The summed E-state index contributed by atoms with van der Waals surface area (Å²) in [6.45, 7) is 1.40. The number of hydrogen-bond donors (Lipinski definition) is 2. The lowest BCUT2D eigenvalue weighted by atomic mass is 10.1. The van der Waals surface area contributed by atoms with Crippen LogP contribution in [-0.2, 0) is 16.6 Å². The van der Waals surface area contributed by atoms with E-state index in [1.54, 1.807) is 29.5 Å². The number of para-hydroxylation sites is 1. The number of hydrogen-bond acceptors (Lipinski definition) is 5. The smallest absolute Gasteiger partial charge is 0.317 e. The van der Waals surface area contributed by atoms with E-state index in [-0.39, 0.29) is 12.1 Å². The van der Waals surface area contributed by atoms with Gasteiger partial charge in [0.1, 0.15) is 9.96 Å². The average molecular weight is 410 g/mol. The summed E-state index contributed by atoms with van der Waals surface area (Å²) in [5, 5.41) is 4.64. The van der Waals surface area contributed by atoms with Crippen molar-refractivity contribution in [2.45, 2.75) is 29.6 Å². The summed E-state index contributed by atoms with van der Waals surface area (Å²) in [6, 6.07) is 10.5. The molecule has 9 heteroatoms. The van der Waals surface area contributed by atoms with E-state index in [0.717, 1.165) is 11.3 Å². The van der Waals surface area contributed by atoms with E-state index in [2.05, 4.69) is 10.0 Å². The topological polar surface area (TPSA) is 87.7 Å². The maximum Gasteiger partial charge on any atom is 0.317 e. The fraction of sp³-hybridized carbons (Fsp3) is 0.389. The number of nitrogens with one attached hydrogen (secondary N) is 2. The van der Waals surface area contributed by atoms with E-state index in [1.807, 2.05) is 24.3 Å². The van der Waals surface area contributed by atoms with Crippen LogP contribution < -0.4 is 14.8 Å². The Morgan fingerprint density at radius 2 is 1.96 bits per heavy atom. The van der Waals surface area contributed by atoms with Gasteiger partial charge in [-0.15, -0.1) is 11.3 Å². The number of carbonyl (C=O) groups is 1. The molecule has 0 spiro atoms. The van der Waals surface area contributed by atoms with Crippen LogP contribution in [0.1, 0.15) is 18.4 Å². The van der Waals surface area contributed by atoms with Crippen LogP contribution in [0.3, 0.4) is 0 Å². The number of ether oxygens (including phenoxy) is 1. The minimum absolute atomic E-state index is 0.152. The quantitative estimate of drug-likeness (QED) is 0.767. The number of piperidine rings is 1. The van der Waals surface area contributed by atoms with Crippen LogP contribution in [0.15, 0.2) is 46.0 Å². The predicted octanol–water partition coefficient (Wildman–Crippen LogP) is 2.41. The van der Waals surface area contributed by atoms with Gasteiger partial charge in [0.25, 0.3) is 0 Å². The molecular weight excluding hydrogens is 386 g/mol. The van der Waals surface area contributed by atoms with Crippen LogP contribution in [0.5, 0.6) is 5.75 Å². The van der Waals surface area contributed by atoms with Gasteiger partial charge in [-0.3, -0.25) is 0 Å². The summed E-state index contributed by atoms with van der Waals surface area (Å²) in [5.74, 6) is 0.736. The second-order valence-electron chi connectivity index (χ2n) is 6.29. The number of amides is 2. The number of urea groups is 1. The molecule has 1 aromatic carbocycles. The number of carbonyl (C=O) groups excluding carboxylic acids is 1. The molecule has 0 unspecified atom stereocenters. The van der Waals surface area contributed by atoms with Crippen LogP contribution in [-0.4, -0.2) is 45.6 Å². The molecule has 0 atom stereocenters. The third-order valence-electron chi connectivity index (χ3n) is 4.49. The zero-order chi connectivity index (χ0) is 19.3. The Balaban J connectivity index is 1.48. The fourth-order valence-corrected chi connectivity index (χ4v) is 5.34. The lowest BCUT2D eigenvalue weighted by Crippen LogP contribution is -2.49. The summed E-state index contributed by atoms with van der Waals surface area (Å²) < 4.78 is 32.9. The first-order chi connectivity index (χ1) is 13.0. The first-order valence-electron chi connectivity index (χ1n) is 8.70. The summed E-state index contributed by atoms with van der Waals surface area (Å²) in [4.78, 5) is 14.1. The number of sulfonamides is 1. The molecule has 2 aromatic rings. The summed E-state index contributed by atoms with van der Waals surface area (Å²) in [6.07, 6.45) is 1.18. The Kier molecular flexibility index (Phi) is 6.35. The van der Waals surface area contributed by atoms with Crippen LogP contribution in [0.25, 0.3) is 0 Å². The van der Waals surface area contributed by atoms with Gasteiger partial charge in [0.05, 0.1) is 7.11 Å². The van der Waals surface area contributed by atoms with Crippen molar-refractivity contribution in [3.05, 3.63) is 47.3 Å². The number of benzene rings is 1. The first-order valence-corrected chi connectivity index (χ1v) is 11.1. The Hall–Kier alpha value is -2.10. The van der Waals surface area contributed by atoms with Crippen molar-refractivity contribution in [2.75, 3.05) is 20.2 Å². The Bertz CT molecular complexity index is 860. The van der Waals surface area contributed by atoms with Crippen molar-refractivity contribution >= 4 is 27.4 Å². The molecular formula is C18H23N3O4S2. The van der Waals surface area contributed by atoms with E-state index in [4.69, 9.17) is 4.74 Å². The van der Waals surface area contributed by atoms with Gasteiger partial charge in [0, 0.05) is 31.2 Å². The molecule has 2 N–H and O–H groups in total. The van der Waals surface area contributed by atoms with Crippen molar-refractivity contribution in [1.29, 1.82) is 0 Å². The van der Waals surface area contributed by atoms with Crippen molar-refractivity contribution in [2.24, 2.45) is 0 Å². The highest BCUT2D eigenvalue weighted by Gasteiger charge is 2.27. The first kappa shape index (κ1) is 19.7. The molecule has 1 saturated heterocycles. The number of nitrogens with zero attached hydrogens (tertiary/aromatic N) is 1. The van der Waals surface area contributed by atoms with E-state index in [1.165, 1.54) is 11.3 Å². The summed E-state index contributed by atoms with van der Waals surface area (Å²) in [5.41, 5.74) is 0.909. The molecule has 0 aliphatic carbocycles. The van der Waals surface area contributed by atoms with Crippen molar-refractivity contribution in [3.63, 3.8) is 0 Å². The number of thiophene rings is 1. The molecule has 1 aromatic heterocycles. The zero-order valence-electron chi connectivity index (χ0n) is 15.1. The SMILES string of the molecule is COc1ccccc1CNC(=O)N1CCC(NS(=O)(=O)c2cccs2)CC1. The van der Waals surface area contributed by atoms with Crippen molar-refractivity contribution in [1.82, 2.24) is 14.9 Å². The molecule has 1 aliphatic rings. The normalized spacial score (nSPS) is 15.5. The van der Waals surface area contributed by atoms with Crippen LogP contribution in [0, 0.1) is 0 Å². The highest BCUT2D eigenvalue weighted by Crippen LogP contribution is 2.19.